The van der Waals surface area contributed by atoms with Crippen molar-refractivity contribution in [3.05, 3.63) is 35.4 Å². The Labute approximate surface area is 112 Å². The molecule has 0 saturated carbocycles. The largest absolute Gasteiger partial charge is 0.480 e. The van der Waals surface area contributed by atoms with Crippen LogP contribution in [0.25, 0.3) is 0 Å². The highest BCUT2D eigenvalue weighted by molar-refractivity contribution is 5.96. The SMILES string of the molecule is NC(=O)CC[C@H](NC(=O)c1ccc(F)c(F)c1)C(=O)O. The van der Waals surface area contributed by atoms with Crippen LogP contribution in [0.2, 0.25) is 0 Å². The van der Waals surface area contributed by atoms with Crippen molar-refractivity contribution in [3.63, 3.8) is 0 Å². The van der Waals surface area contributed by atoms with Gasteiger partial charge in [-0.2, -0.15) is 0 Å². The number of carbonyl (C=O) groups excluding carboxylic acids is 2. The molecule has 1 rings (SSSR count). The highest BCUT2D eigenvalue weighted by Crippen LogP contribution is 2.09. The summed E-state index contributed by atoms with van der Waals surface area (Å²) in [4.78, 5) is 33.2. The zero-order chi connectivity index (χ0) is 15.3. The molecule has 0 unspecified atom stereocenters. The Morgan fingerprint density at radius 1 is 1.25 bits per heavy atom. The van der Waals surface area contributed by atoms with Gasteiger partial charge in [0.15, 0.2) is 11.6 Å². The average Bonchev–Trinajstić information content (AvgIpc) is 2.36. The molecule has 0 spiro atoms. The molecule has 1 atom stereocenters. The topological polar surface area (TPSA) is 109 Å². The van der Waals surface area contributed by atoms with Crippen LogP contribution in [0.1, 0.15) is 23.2 Å². The normalized spacial score (nSPS) is 11.7. The molecule has 8 heteroatoms. The van der Waals surface area contributed by atoms with Crippen molar-refractivity contribution in [2.45, 2.75) is 18.9 Å². The Hall–Kier alpha value is -2.51. The first-order chi connectivity index (χ1) is 9.31. The molecule has 0 saturated heterocycles. The van der Waals surface area contributed by atoms with Gasteiger partial charge < -0.3 is 16.2 Å². The van der Waals surface area contributed by atoms with Crippen molar-refractivity contribution in [2.75, 3.05) is 0 Å². The number of amides is 2. The number of benzene rings is 1. The van der Waals surface area contributed by atoms with Crippen LogP contribution in [0, 0.1) is 11.6 Å². The Balaban J connectivity index is 2.77. The second kappa shape index (κ2) is 6.60. The molecule has 108 valence electrons. The van der Waals surface area contributed by atoms with Gasteiger partial charge in [0.2, 0.25) is 5.91 Å². The fourth-order valence-corrected chi connectivity index (χ4v) is 1.42. The predicted molar refractivity (Wildman–Crippen MR) is 63.7 cm³/mol. The molecule has 0 radical (unpaired) electrons. The number of carboxylic acids is 1. The Morgan fingerprint density at radius 2 is 1.90 bits per heavy atom. The van der Waals surface area contributed by atoms with E-state index in [0.29, 0.717) is 6.07 Å². The van der Waals surface area contributed by atoms with Crippen LogP contribution >= 0.6 is 0 Å². The number of hydrogen-bond donors (Lipinski definition) is 3. The van der Waals surface area contributed by atoms with E-state index in [1.165, 1.54) is 0 Å². The van der Waals surface area contributed by atoms with Gasteiger partial charge in [-0.25, -0.2) is 13.6 Å². The summed E-state index contributed by atoms with van der Waals surface area (Å²) < 4.78 is 25.7. The number of nitrogens with one attached hydrogen (secondary N) is 1. The molecule has 6 nitrogen and oxygen atoms in total. The van der Waals surface area contributed by atoms with Crippen molar-refractivity contribution in [2.24, 2.45) is 5.73 Å². The van der Waals surface area contributed by atoms with Crippen molar-refractivity contribution < 1.29 is 28.3 Å². The van der Waals surface area contributed by atoms with Gasteiger partial charge in [-0.05, 0) is 24.6 Å². The van der Waals surface area contributed by atoms with E-state index >= 15 is 0 Å². The van der Waals surface area contributed by atoms with Crippen LogP contribution < -0.4 is 11.1 Å². The van der Waals surface area contributed by atoms with E-state index in [-0.39, 0.29) is 18.4 Å². The van der Waals surface area contributed by atoms with Crippen LogP contribution in [-0.4, -0.2) is 28.9 Å². The third-order valence-corrected chi connectivity index (χ3v) is 2.46. The summed E-state index contributed by atoms with van der Waals surface area (Å²) in [7, 11) is 0. The Morgan fingerprint density at radius 3 is 2.40 bits per heavy atom. The lowest BCUT2D eigenvalue weighted by molar-refractivity contribution is -0.139. The van der Waals surface area contributed by atoms with E-state index in [2.05, 4.69) is 5.32 Å². The van der Waals surface area contributed by atoms with Gasteiger partial charge in [0, 0.05) is 12.0 Å². The quantitative estimate of drug-likeness (QED) is 0.703. The van der Waals surface area contributed by atoms with Gasteiger partial charge in [-0.3, -0.25) is 9.59 Å². The minimum atomic E-state index is -1.36. The Kier molecular flexibility index (Phi) is 5.13. The molecular weight excluding hydrogens is 274 g/mol. The maximum atomic E-state index is 13.0. The van der Waals surface area contributed by atoms with E-state index in [1.807, 2.05) is 0 Å². The first-order valence-corrected chi connectivity index (χ1v) is 5.58. The lowest BCUT2D eigenvalue weighted by Crippen LogP contribution is -2.41. The molecule has 4 N–H and O–H groups in total. The number of rotatable bonds is 6. The zero-order valence-corrected chi connectivity index (χ0v) is 10.2. The standard InChI is InChI=1S/C12H12F2N2O4/c13-7-2-1-6(5-8(7)14)11(18)16-9(12(19)20)3-4-10(15)17/h1-2,5,9H,3-4H2,(H2,15,17)(H,16,18)(H,19,20)/t9-/m0/s1. The fraction of sp³-hybridized carbons (Fsp3) is 0.250. The fourth-order valence-electron chi connectivity index (χ4n) is 1.42. The molecule has 0 aliphatic carbocycles. The highest BCUT2D eigenvalue weighted by Gasteiger charge is 2.21. The van der Waals surface area contributed by atoms with Crippen molar-refractivity contribution >= 4 is 17.8 Å². The molecule has 0 aromatic heterocycles. The molecule has 0 fully saturated rings. The molecule has 0 bridgehead atoms. The summed E-state index contributed by atoms with van der Waals surface area (Å²) in [5.41, 5.74) is 4.66. The van der Waals surface area contributed by atoms with Crippen LogP contribution in [-0.2, 0) is 9.59 Å². The third kappa shape index (κ3) is 4.30. The first-order valence-electron chi connectivity index (χ1n) is 5.58. The summed E-state index contributed by atoms with van der Waals surface area (Å²) in [6, 6.07) is 1.07. The summed E-state index contributed by atoms with van der Waals surface area (Å²) in [5.74, 6) is -5.30. The molecular formula is C12H12F2N2O4. The number of halogens is 2. The van der Waals surface area contributed by atoms with Gasteiger partial charge in [0.05, 0.1) is 0 Å². The van der Waals surface area contributed by atoms with Crippen LogP contribution in [0.5, 0.6) is 0 Å². The zero-order valence-electron chi connectivity index (χ0n) is 10.2. The highest BCUT2D eigenvalue weighted by atomic mass is 19.2. The smallest absolute Gasteiger partial charge is 0.326 e. The summed E-state index contributed by atoms with van der Waals surface area (Å²) >= 11 is 0. The van der Waals surface area contributed by atoms with Gasteiger partial charge in [0.25, 0.3) is 5.91 Å². The minimum absolute atomic E-state index is 0.194. The third-order valence-electron chi connectivity index (χ3n) is 2.46. The van der Waals surface area contributed by atoms with E-state index in [9.17, 15) is 23.2 Å². The number of carbonyl (C=O) groups is 3. The van der Waals surface area contributed by atoms with Gasteiger partial charge >= 0.3 is 5.97 Å². The monoisotopic (exact) mass is 286 g/mol. The number of hydrogen-bond acceptors (Lipinski definition) is 3. The van der Waals surface area contributed by atoms with Crippen molar-refractivity contribution in [3.8, 4) is 0 Å². The summed E-state index contributed by atoms with van der Waals surface area (Å²) in [6.45, 7) is 0. The van der Waals surface area contributed by atoms with E-state index in [1.54, 1.807) is 0 Å². The van der Waals surface area contributed by atoms with E-state index in [0.717, 1.165) is 12.1 Å². The molecule has 20 heavy (non-hydrogen) atoms. The van der Waals surface area contributed by atoms with Crippen molar-refractivity contribution in [1.29, 1.82) is 0 Å². The molecule has 1 aromatic rings. The lowest BCUT2D eigenvalue weighted by atomic mass is 10.1. The second-order valence-corrected chi connectivity index (χ2v) is 4.00. The number of nitrogens with two attached hydrogens (primary N) is 1. The Bertz CT molecular complexity index is 548. The van der Waals surface area contributed by atoms with Gasteiger partial charge in [-0.15, -0.1) is 0 Å². The average molecular weight is 286 g/mol. The first kappa shape index (κ1) is 15.5. The molecule has 0 heterocycles. The molecule has 0 aliphatic rings. The summed E-state index contributed by atoms with van der Waals surface area (Å²) in [5, 5.41) is 11.0. The number of carboxylic acid groups (broad SMARTS) is 1. The summed E-state index contributed by atoms with van der Waals surface area (Å²) in [6.07, 6.45) is -0.422. The lowest BCUT2D eigenvalue weighted by Gasteiger charge is -2.13. The van der Waals surface area contributed by atoms with Crippen LogP contribution in [0.4, 0.5) is 8.78 Å². The minimum Gasteiger partial charge on any atom is -0.480 e. The molecule has 0 aliphatic heterocycles. The van der Waals surface area contributed by atoms with Crippen LogP contribution in [0.3, 0.4) is 0 Å². The maximum Gasteiger partial charge on any atom is 0.326 e. The van der Waals surface area contributed by atoms with E-state index < -0.39 is 35.5 Å². The number of primary amides is 1. The van der Waals surface area contributed by atoms with Gasteiger partial charge in [-0.1, -0.05) is 0 Å². The van der Waals surface area contributed by atoms with Crippen molar-refractivity contribution in [1.82, 2.24) is 5.32 Å². The number of aliphatic carboxylic acids is 1. The second-order valence-electron chi connectivity index (χ2n) is 4.00. The van der Waals surface area contributed by atoms with E-state index in [4.69, 9.17) is 10.8 Å². The predicted octanol–water partition coefficient (Wildman–Crippen LogP) is 0.413. The van der Waals surface area contributed by atoms with Gasteiger partial charge in [0.1, 0.15) is 6.04 Å². The molecule has 2 amide bonds. The molecule has 1 aromatic carbocycles. The maximum absolute atomic E-state index is 13.0. The van der Waals surface area contributed by atoms with Crippen LogP contribution in [0.15, 0.2) is 18.2 Å².